The van der Waals surface area contributed by atoms with Gasteiger partial charge in [-0.1, -0.05) is 43.3 Å². The van der Waals surface area contributed by atoms with Crippen molar-refractivity contribution in [2.45, 2.75) is 24.2 Å². The van der Waals surface area contributed by atoms with E-state index in [0.717, 1.165) is 6.08 Å². The molecule has 0 heterocycles. The van der Waals surface area contributed by atoms with Crippen LogP contribution in [0.1, 0.15) is 44.7 Å². The molecule has 7 nitrogen and oxygen atoms in total. The molecule has 0 saturated heterocycles. The van der Waals surface area contributed by atoms with Gasteiger partial charge in [0, 0.05) is 29.4 Å². The maximum Gasteiger partial charge on any atom is 0.238 e. The molecular formula is C20H16NO6S-. The Bertz CT molecular complexity index is 1130. The molecule has 144 valence electrons. The van der Waals surface area contributed by atoms with Crippen LogP contribution in [-0.4, -0.2) is 26.0 Å². The van der Waals surface area contributed by atoms with Crippen LogP contribution in [0.15, 0.2) is 59.0 Å². The van der Waals surface area contributed by atoms with E-state index in [1.54, 1.807) is 24.3 Å². The molecule has 0 amide bonds. The van der Waals surface area contributed by atoms with Crippen molar-refractivity contribution in [3.05, 3.63) is 76.4 Å². The maximum atomic E-state index is 12.8. The predicted molar refractivity (Wildman–Crippen MR) is 98.1 cm³/mol. The van der Waals surface area contributed by atoms with Crippen molar-refractivity contribution in [2.24, 2.45) is 5.14 Å². The molecule has 28 heavy (non-hydrogen) atoms. The molecule has 0 fully saturated rings. The Kier molecular flexibility index (Phi) is 5.01. The second-order valence-electron chi connectivity index (χ2n) is 6.55. The summed E-state index contributed by atoms with van der Waals surface area (Å²) >= 11 is 0. The molecule has 2 aromatic carbocycles. The number of benzene rings is 2. The maximum absolute atomic E-state index is 12.8. The van der Waals surface area contributed by atoms with Gasteiger partial charge >= 0.3 is 0 Å². The molecule has 0 bridgehead atoms. The van der Waals surface area contributed by atoms with Crippen LogP contribution in [0.25, 0.3) is 0 Å². The number of rotatable bonds is 5. The van der Waals surface area contributed by atoms with Crippen molar-refractivity contribution in [3.63, 3.8) is 0 Å². The number of sulfonamides is 1. The molecule has 8 heteroatoms. The lowest BCUT2D eigenvalue weighted by atomic mass is 9.86. The fraction of sp³-hybridized carbons (Fsp3) is 0.150. The summed E-state index contributed by atoms with van der Waals surface area (Å²) < 4.78 is 23.4. The monoisotopic (exact) mass is 398 g/mol. The van der Waals surface area contributed by atoms with Crippen LogP contribution >= 0.6 is 0 Å². The fourth-order valence-corrected chi connectivity index (χ4v) is 3.86. The highest BCUT2D eigenvalue weighted by atomic mass is 32.2. The number of hydrogen-bond acceptors (Lipinski definition) is 6. The Balaban J connectivity index is 1.93. The van der Waals surface area contributed by atoms with Crippen LogP contribution in [0.3, 0.4) is 0 Å². The Hall–Kier alpha value is -3.10. The van der Waals surface area contributed by atoms with Crippen LogP contribution in [-0.2, 0) is 21.2 Å². The normalized spacial score (nSPS) is 15.0. The zero-order valence-corrected chi connectivity index (χ0v) is 15.7. The third-order valence-electron chi connectivity index (χ3n) is 4.65. The smallest absolute Gasteiger partial charge is 0.238 e. The lowest BCUT2D eigenvalue weighted by Gasteiger charge is -2.18. The van der Waals surface area contributed by atoms with Crippen molar-refractivity contribution in [3.8, 4) is 0 Å². The van der Waals surface area contributed by atoms with E-state index in [1.165, 1.54) is 25.1 Å². The van der Waals surface area contributed by atoms with E-state index in [9.17, 15) is 27.9 Å². The van der Waals surface area contributed by atoms with Gasteiger partial charge in [-0.05, 0) is 23.3 Å². The van der Waals surface area contributed by atoms with Crippen LogP contribution in [0, 0.1) is 0 Å². The number of nitrogens with two attached hydrogens (primary N) is 1. The summed E-state index contributed by atoms with van der Waals surface area (Å²) in [7, 11) is -4.15. The Morgan fingerprint density at radius 2 is 1.75 bits per heavy atom. The molecule has 0 spiro atoms. The summed E-state index contributed by atoms with van der Waals surface area (Å²) in [6, 6.07) is 10.5. The molecule has 2 N–H and O–H groups in total. The number of fused-ring (bicyclic) bond motifs is 1. The van der Waals surface area contributed by atoms with Crippen molar-refractivity contribution in [1.29, 1.82) is 0 Å². The van der Waals surface area contributed by atoms with E-state index in [-0.39, 0.29) is 28.0 Å². The van der Waals surface area contributed by atoms with Gasteiger partial charge < -0.3 is 9.90 Å². The second kappa shape index (κ2) is 7.14. The summed E-state index contributed by atoms with van der Waals surface area (Å²) in [5, 5.41) is 16.1. The van der Waals surface area contributed by atoms with Crippen molar-refractivity contribution in [1.82, 2.24) is 0 Å². The minimum absolute atomic E-state index is 0.00350. The minimum atomic E-state index is -4.15. The standard InChI is InChI=1S/C20H17NO6S/c1-11(20(24)25)13-7-5-12(6-8-13)9-14-10-16(22)18-15(19(14)23)3-2-4-17(18)28(21,26)27/h2-8,10-11H,9H2,1H3,(H,24,25)(H2,21,26,27)/p-1/t11-/m1/s1. The highest BCUT2D eigenvalue weighted by molar-refractivity contribution is 7.89. The Morgan fingerprint density at radius 1 is 1.11 bits per heavy atom. The first-order valence-corrected chi connectivity index (χ1v) is 9.89. The second-order valence-corrected chi connectivity index (χ2v) is 8.08. The molecule has 1 aliphatic rings. The summed E-state index contributed by atoms with van der Waals surface area (Å²) in [4.78, 5) is 35.8. The van der Waals surface area contributed by atoms with Gasteiger partial charge in [-0.15, -0.1) is 0 Å². The van der Waals surface area contributed by atoms with Gasteiger partial charge in [0.15, 0.2) is 11.6 Å². The number of carbonyl (C=O) groups excluding carboxylic acids is 3. The van der Waals surface area contributed by atoms with Gasteiger partial charge in [-0.3, -0.25) is 9.59 Å². The largest absolute Gasteiger partial charge is 0.550 e. The Labute approximate surface area is 161 Å². The number of carboxylic acids is 1. The van der Waals surface area contributed by atoms with E-state index in [4.69, 9.17) is 5.14 Å². The molecular weight excluding hydrogens is 382 g/mol. The van der Waals surface area contributed by atoms with Crippen LogP contribution < -0.4 is 10.2 Å². The zero-order valence-electron chi connectivity index (χ0n) is 14.8. The molecule has 2 aromatic rings. The molecule has 3 rings (SSSR count). The third kappa shape index (κ3) is 3.64. The van der Waals surface area contributed by atoms with E-state index < -0.39 is 33.5 Å². The first kappa shape index (κ1) is 19.7. The van der Waals surface area contributed by atoms with Crippen LogP contribution in [0.5, 0.6) is 0 Å². The average molecular weight is 398 g/mol. The fourth-order valence-electron chi connectivity index (χ4n) is 3.09. The lowest BCUT2D eigenvalue weighted by Crippen LogP contribution is -2.27. The highest BCUT2D eigenvalue weighted by Gasteiger charge is 2.30. The van der Waals surface area contributed by atoms with Gasteiger partial charge in [0.05, 0.1) is 10.5 Å². The topological polar surface area (TPSA) is 134 Å². The summed E-state index contributed by atoms with van der Waals surface area (Å²) in [5.74, 6) is -3.01. The molecule has 0 unspecified atom stereocenters. The van der Waals surface area contributed by atoms with Crippen molar-refractivity contribution >= 4 is 27.6 Å². The van der Waals surface area contributed by atoms with Crippen molar-refractivity contribution in [2.75, 3.05) is 0 Å². The number of allylic oxidation sites excluding steroid dienone is 2. The zero-order chi connectivity index (χ0) is 20.6. The SMILES string of the molecule is C[C@@H](C(=O)[O-])c1ccc(CC2=CC(=O)c3c(cccc3S(N)(=O)=O)C2=O)cc1. The molecule has 0 radical (unpaired) electrons. The van der Waals surface area contributed by atoms with Gasteiger partial charge in [0.1, 0.15) is 0 Å². The number of aliphatic carboxylic acids is 1. The number of hydrogen-bond donors (Lipinski definition) is 1. The Morgan fingerprint density at radius 3 is 2.32 bits per heavy atom. The van der Waals surface area contributed by atoms with E-state index in [2.05, 4.69) is 0 Å². The summed E-state index contributed by atoms with van der Waals surface area (Å²) in [6.45, 7) is 1.51. The number of primary sulfonamides is 1. The highest BCUT2D eigenvalue weighted by Crippen LogP contribution is 2.28. The molecule has 0 aromatic heterocycles. The van der Waals surface area contributed by atoms with Gasteiger partial charge in [-0.25, -0.2) is 13.6 Å². The molecule has 1 atom stereocenters. The predicted octanol–water partition coefficient (Wildman–Crippen LogP) is 0.736. The van der Waals surface area contributed by atoms with Gasteiger partial charge in [0.25, 0.3) is 0 Å². The number of ketones is 2. The van der Waals surface area contributed by atoms with Crippen LogP contribution in [0.4, 0.5) is 0 Å². The van der Waals surface area contributed by atoms with E-state index >= 15 is 0 Å². The average Bonchev–Trinajstić information content (AvgIpc) is 2.64. The summed E-state index contributed by atoms with van der Waals surface area (Å²) in [5.41, 5.74) is 1.26. The van der Waals surface area contributed by atoms with Crippen molar-refractivity contribution < 1.29 is 27.9 Å². The number of Topliss-reactive ketones (excluding diaryl/α,β-unsaturated/α-hetero) is 1. The van der Waals surface area contributed by atoms with Crippen LogP contribution in [0.2, 0.25) is 0 Å². The number of carboxylic acid groups (broad SMARTS) is 1. The van der Waals surface area contributed by atoms with E-state index in [0.29, 0.717) is 11.1 Å². The molecule has 0 saturated carbocycles. The number of carbonyl (C=O) groups is 3. The van der Waals surface area contributed by atoms with Gasteiger partial charge in [-0.2, -0.15) is 0 Å². The van der Waals surface area contributed by atoms with E-state index in [1.807, 2.05) is 0 Å². The minimum Gasteiger partial charge on any atom is -0.550 e. The summed E-state index contributed by atoms with van der Waals surface area (Å²) in [6.07, 6.45) is 1.26. The first-order chi connectivity index (χ1) is 13.1. The first-order valence-electron chi connectivity index (χ1n) is 8.34. The molecule has 0 aliphatic heterocycles. The molecule has 1 aliphatic carbocycles. The quantitative estimate of drug-likeness (QED) is 0.789. The lowest BCUT2D eigenvalue weighted by molar-refractivity contribution is -0.307. The van der Waals surface area contributed by atoms with Gasteiger partial charge in [0.2, 0.25) is 10.0 Å². The third-order valence-corrected chi connectivity index (χ3v) is 5.60.